The van der Waals surface area contributed by atoms with E-state index in [1.165, 1.54) is 5.56 Å². The van der Waals surface area contributed by atoms with Crippen LogP contribution >= 0.6 is 0 Å². The molecule has 0 bridgehead atoms. The van der Waals surface area contributed by atoms with Gasteiger partial charge in [0.25, 0.3) is 0 Å². The molecule has 0 radical (unpaired) electrons. The van der Waals surface area contributed by atoms with Gasteiger partial charge in [0.15, 0.2) is 0 Å². The van der Waals surface area contributed by atoms with E-state index in [0.717, 1.165) is 23.2 Å². The van der Waals surface area contributed by atoms with Gasteiger partial charge in [-0.05, 0) is 35.2 Å². The molecule has 4 nitrogen and oxygen atoms in total. The lowest BCUT2D eigenvalue weighted by Gasteiger charge is -2.37. The van der Waals surface area contributed by atoms with Crippen LogP contribution in [0.5, 0.6) is 0 Å². The Morgan fingerprint density at radius 2 is 1.47 bits per heavy atom. The van der Waals surface area contributed by atoms with E-state index in [9.17, 15) is 4.79 Å². The summed E-state index contributed by atoms with van der Waals surface area (Å²) in [4.78, 5) is 16.0. The summed E-state index contributed by atoms with van der Waals surface area (Å²) in [5, 5.41) is 4.45. The van der Waals surface area contributed by atoms with Crippen molar-refractivity contribution in [3.8, 4) is 0 Å². The number of hydrogen-bond acceptors (Lipinski definition) is 2. The number of para-hydroxylation sites is 1. The lowest BCUT2D eigenvalue weighted by Crippen LogP contribution is -2.43. The molecule has 0 fully saturated rings. The second-order valence-electron chi connectivity index (χ2n) is 7.68. The third kappa shape index (κ3) is 3.41. The van der Waals surface area contributed by atoms with Gasteiger partial charge in [-0.2, -0.15) is 5.10 Å². The number of anilines is 1. The maximum Gasteiger partial charge on any atom is 0.239 e. The van der Waals surface area contributed by atoms with Crippen molar-refractivity contribution in [2.75, 3.05) is 11.4 Å². The Balaban J connectivity index is 1.58. The molecule has 4 aromatic rings. The Kier molecular flexibility index (Phi) is 4.89. The average Bonchev–Trinajstić information content (AvgIpc) is 3.35. The molecule has 0 N–H and O–H groups in total. The Labute approximate surface area is 176 Å². The van der Waals surface area contributed by atoms with Gasteiger partial charge >= 0.3 is 0 Å². The van der Waals surface area contributed by atoms with Gasteiger partial charge in [0.2, 0.25) is 5.91 Å². The lowest BCUT2D eigenvalue weighted by molar-refractivity contribution is -0.119. The average molecular weight is 393 g/mol. The molecule has 30 heavy (non-hydrogen) atoms. The van der Waals surface area contributed by atoms with E-state index >= 15 is 0 Å². The van der Waals surface area contributed by atoms with Gasteiger partial charge in [-0.15, -0.1) is 0 Å². The van der Waals surface area contributed by atoms with Gasteiger partial charge in [-0.25, -0.2) is 0 Å². The minimum atomic E-state index is -0.350. The number of aromatic nitrogens is 2. The van der Waals surface area contributed by atoms with Crippen LogP contribution in [0.25, 0.3) is 0 Å². The zero-order valence-electron chi connectivity index (χ0n) is 16.6. The third-order valence-corrected chi connectivity index (χ3v) is 5.81. The summed E-state index contributed by atoms with van der Waals surface area (Å²) in [5.41, 5.74) is 4.19. The van der Waals surface area contributed by atoms with Crippen LogP contribution in [0.4, 0.5) is 5.69 Å². The molecule has 0 spiro atoms. The maximum atomic E-state index is 14.1. The molecule has 0 aliphatic carbocycles. The monoisotopic (exact) mass is 393 g/mol. The Morgan fingerprint density at radius 1 is 0.833 bits per heavy atom. The first-order valence-electron chi connectivity index (χ1n) is 10.3. The van der Waals surface area contributed by atoms with E-state index in [0.29, 0.717) is 6.54 Å². The molecule has 0 saturated carbocycles. The van der Waals surface area contributed by atoms with Gasteiger partial charge in [0.05, 0.1) is 12.0 Å². The van der Waals surface area contributed by atoms with Crippen LogP contribution in [0, 0.1) is 0 Å². The molecular weight excluding hydrogens is 370 g/mol. The number of carbonyl (C=O) groups excluding carboxylic acids is 1. The van der Waals surface area contributed by atoms with E-state index in [-0.39, 0.29) is 17.9 Å². The van der Waals surface area contributed by atoms with Gasteiger partial charge < -0.3 is 4.90 Å². The molecule has 148 valence electrons. The molecule has 1 atom stereocenters. The van der Waals surface area contributed by atoms with Crippen LogP contribution in [0.2, 0.25) is 0 Å². The number of rotatable bonds is 4. The van der Waals surface area contributed by atoms with Gasteiger partial charge in [-0.1, -0.05) is 78.9 Å². The van der Waals surface area contributed by atoms with Crippen molar-refractivity contribution in [1.82, 2.24) is 9.78 Å². The highest BCUT2D eigenvalue weighted by Crippen LogP contribution is 2.36. The molecule has 1 amide bonds. The molecule has 4 heteroatoms. The first-order valence-corrected chi connectivity index (χ1v) is 10.3. The summed E-state index contributed by atoms with van der Waals surface area (Å²) in [5.74, 6) is -0.256. The molecule has 1 aliphatic heterocycles. The number of carbonyl (C=O) groups is 1. The van der Waals surface area contributed by atoms with Crippen molar-refractivity contribution in [1.29, 1.82) is 0 Å². The summed E-state index contributed by atoms with van der Waals surface area (Å²) in [7, 11) is 0. The van der Waals surface area contributed by atoms with E-state index in [1.807, 2.05) is 94.6 Å². The molecule has 3 aromatic carbocycles. The van der Waals surface area contributed by atoms with Crippen LogP contribution in [0.1, 0.15) is 28.7 Å². The fourth-order valence-electron chi connectivity index (χ4n) is 4.38. The third-order valence-electron chi connectivity index (χ3n) is 5.81. The molecule has 1 aliphatic rings. The van der Waals surface area contributed by atoms with Crippen molar-refractivity contribution in [2.45, 2.75) is 18.4 Å². The first kappa shape index (κ1) is 18.4. The zero-order chi connectivity index (χ0) is 20.3. The Bertz CT molecular complexity index is 1080. The van der Waals surface area contributed by atoms with Crippen LogP contribution in [0.3, 0.4) is 0 Å². The highest BCUT2D eigenvalue weighted by molar-refractivity contribution is 6.01. The molecule has 0 unspecified atom stereocenters. The van der Waals surface area contributed by atoms with E-state index < -0.39 is 0 Å². The largest absolute Gasteiger partial charge is 0.309 e. The second-order valence-corrected chi connectivity index (χ2v) is 7.68. The van der Waals surface area contributed by atoms with Crippen molar-refractivity contribution < 1.29 is 4.79 Å². The predicted molar refractivity (Wildman–Crippen MR) is 118 cm³/mol. The number of hydrogen-bond donors (Lipinski definition) is 0. The molecule has 0 saturated heterocycles. The summed E-state index contributed by atoms with van der Waals surface area (Å²) >= 11 is 0. The van der Waals surface area contributed by atoms with E-state index in [1.54, 1.807) is 6.20 Å². The number of amides is 1. The quantitative estimate of drug-likeness (QED) is 0.497. The molecule has 5 rings (SSSR count). The minimum Gasteiger partial charge on any atom is -0.309 e. The highest BCUT2D eigenvalue weighted by atomic mass is 16.2. The van der Waals surface area contributed by atoms with E-state index in [2.05, 4.69) is 17.2 Å². The Morgan fingerprint density at radius 3 is 2.10 bits per heavy atom. The fourth-order valence-corrected chi connectivity index (χ4v) is 4.38. The summed E-state index contributed by atoms with van der Waals surface area (Å²) in [6.45, 7) is 0.605. The van der Waals surface area contributed by atoms with Gasteiger partial charge in [0.1, 0.15) is 0 Å². The maximum absolute atomic E-state index is 14.1. The van der Waals surface area contributed by atoms with Crippen LogP contribution < -0.4 is 4.90 Å². The predicted octanol–water partition coefficient (Wildman–Crippen LogP) is 4.85. The van der Waals surface area contributed by atoms with Crippen LogP contribution in [0.15, 0.2) is 103 Å². The van der Waals surface area contributed by atoms with Crippen molar-refractivity contribution in [3.05, 3.63) is 120 Å². The standard InChI is InChI=1S/C26H23N3O/c30-26(25(20-10-3-1-4-11-20)21-12-5-2-6-13-21)28-19-23(29-17-9-16-27-29)18-22-14-7-8-15-24(22)28/h1-17,23,25H,18-19H2/t23-/m1/s1. The molecule has 1 aromatic heterocycles. The lowest BCUT2D eigenvalue weighted by atomic mass is 9.88. The topological polar surface area (TPSA) is 38.1 Å². The van der Waals surface area contributed by atoms with Gasteiger partial charge in [-0.3, -0.25) is 9.48 Å². The minimum absolute atomic E-state index is 0.0942. The zero-order valence-corrected chi connectivity index (χ0v) is 16.6. The fraction of sp³-hybridized carbons (Fsp3) is 0.154. The number of nitrogens with zero attached hydrogens (tertiary/aromatic N) is 3. The first-order chi connectivity index (χ1) is 14.8. The summed E-state index contributed by atoms with van der Waals surface area (Å²) in [6, 6.07) is 30.4. The smallest absolute Gasteiger partial charge is 0.239 e. The van der Waals surface area contributed by atoms with Gasteiger partial charge in [0, 0.05) is 24.6 Å². The van der Waals surface area contributed by atoms with Crippen molar-refractivity contribution in [2.24, 2.45) is 0 Å². The Hall–Kier alpha value is -3.66. The molecule has 2 heterocycles. The highest BCUT2D eigenvalue weighted by Gasteiger charge is 2.34. The number of benzene rings is 3. The number of fused-ring (bicyclic) bond motifs is 1. The second kappa shape index (κ2) is 7.99. The van der Waals surface area contributed by atoms with Crippen LogP contribution in [-0.4, -0.2) is 22.2 Å². The SMILES string of the molecule is O=C(C(c1ccccc1)c1ccccc1)N1C[C@H](n2cccn2)Cc2ccccc21. The van der Waals surface area contributed by atoms with Crippen molar-refractivity contribution in [3.63, 3.8) is 0 Å². The van der Waals surface area contributed by atoms with Crippen LogP contribution in [-0.2, 0) is 11.2 Å². The summed E-state index contributed by atoms with van der Waals surface area (Å²) < 4.78 is 1.97. The van der Waals surface area contributed by atoms with Crippen molar-refractivity contribution >= 4 is 11.6 Å². The molecular formula is C26H23N3O. The summed E-state index contributed by atoms with van der Waals surface area (Å²) in [6.07, 6.45) is 4.64. The van der Waals surface area contributed by atoms with E-state index in [4.69, 9.17) is 0 Å². The normalized spacial score (nSPS) is 15.8.